The van der Waals surface area contributed by atoms with Gasteiger partial charge in [-0.05, 0) is 38.0 Å². The van der Waals surface area contributed by atoms with Gasteiger partial charge in [-0.2, -0.15) is 0 Å². The second kappa shape index (κ2) is 11.7. The fourth-order valence-electron chi connectivity index (χ4n) is 5.52. The Bertz CT molecular complexity index is 1430. The summed E-state index contributed by atoms with van der Waals surface area (Å²) in [7, 11) is 1.08. The van der Waals surface area contributed by atoms with Crippen LogP contribution in [0, 0.1) is 3.57 Å². The number of halogens is 1. The summed E-state index contributed by atoms with van der Waals surface area (Å²) in [5, 5.41) is 14.3. The average Bonchev–Trinajstić information content (AvgIpc) is 3.47. The highest BCUT2D eigenvalue weighted by Gasteiger charge is 2.51. The number of aromatic nitrogens is 3. The van der Waals surface area contributed by atoms with Crippen LogP contribution in [0.25, 0.3) is 11.0 Å². The minimum Gasteiger partial charge on any atom is -0.405 e. The standard InChI is InChI=1S/C30H36IN5O3Si/c1-30(2,3)40(21-12-8-6-9-13-21,22-14-10-7-11-15-22)38-18-25-24(37)16-26(39-25)36-17-23(31)27-28(34-20-35(4)5)32-19-33-29(27)36/h6-15,17,19-20,24-26,37H,16,18H2,1-5H3/t24?,25-,26-/m1/s1. The summed E-state index contributed by atoms with van der Waals surface area (Å²) < 4.78 is 16.5. The number of nitrogens with zero attached hydrogens (tertiary/aromatic N) is 5. The highest BCUT2D eigenvalue weighted by Crippen LogP contribution is 2.39. The lowest BCUT2D eigenvalue weighted by molar-refractivity contribution is -0.0397. The van der Waals surface area contributed by atoms with Crippen molar-refractivity contribution in [3.63, 3.8) is 0 Å². The van der Waals surface area contributed by atoms with Gasteiger partial charge in [0.1, 0.15) is 24.3 Å². The number of aliphatic hydroxyl groups is 1. The van der Waals surface area contributed by atoms with Crippen LogP contribution in [0.1, 0.15) is 33.4 Å². The molecule has 1 N–H and O–H groups in total. The van der Waals surface area contributed by atoms with Crippen molar-refractivity contribution in [2.75, 3.05) is 20.7 Å². The first-order valence-corrected chi connectivity index (χ1v) is 16.4. The smallest absolute Gasteiger partial charge is 0.261 e. The Morgan fingerprint density at radius 3 is 2.30 bits per heavy atom. The topological polar surface area (TPSA) is 85.0 Å². The van der Waals surface area contributed by atoms with Gasteiger partial charge in [0, 0.05) is 30.3 Å². The molecule has 8 nitrogen and oxygen atoms in total. The number of hydrogen-bond donors (Lipinski definition) is 1. The third kappa shape index (κ3) is 5.47. The van der Waals surface area contributed by atoms with E-state index >= 15 is 0 Å². The molecule has 210 valence electrons. The van der Waals surface area contributed by atoms with E-state index in [2.05, 4.69) is 107 Å². The molecule has 5 rings (SSSR count). The maximum absolute atomic E-state index is 11.2. The third-order valence-corrected chi connectivity index (χ3v) is 13.2. The Balaban J connectivity index is 1.44. The van der Waals surface area contributed by atoms with E-state index in [9.17, 15) is 5.11 Å². The van der Waals surface area contributed by atoms with Gasteiger partial charge in [0.05, 0.1) is 24.4 Å². The van der Waals surface area contributed by atoms with E-state index in [0.29, 0.717) is 12.2 Å². The first kappa shape index (κ1) is 28.9. The quantitative estimate of drug-likeness (QED) is 0.129. The van der Waals surface area contributed by atoms with Crippen LogP contribution in [0.3, 0.4) is 0 Å². The van der Waals surface area contributed by atoms with Gasteiger partial charge in [-0.3, -0.25) is 0 Å². The van der Waals surface area contributed by atoms with Gasteiger partial charge < -0.3 is 23.7 Å². The third-order valence-electron chi connectivity index (χ3n) is 7.35. The normalized spacial score (nSPS) is 20.0. The molecule has 0 amide bonds. The fourth-order valence-corrected chi connectivity index (χ4v) is 10.9. The van der Waals surface area contributed by atoms with Crippen LogP contribution in [-0.2, 0) is 9.16 Å². The van der Waals surface area contributed by atoms with Crippen molar-refractivity contribution < 1.29 is 14.3 Å². The summed E-state index contributed by atoms with van der Waals surface area (Å²) in [5.74, 6) is 0.604. The molecule has 1 fully saturated rings. The molecule has 1 aliphatic rings. The number of aliphatic imine (C=N–C) groups is 1. The minimum absolute atomic E-state index is 0.161. The highest BCUT2D eigenvalue weighted by molar-refractivity contribution is 14.1. The maximum atomic E-state index is 11.2. The lowest BCUT2D eigenvalue weighted by Crippen LogP contribution is -2.67. The predicted molar refractivity (Wildman–Crippen MR) is 170 cm³/mol. The zero-order valence-corrected chi connectivity index (χ0v) is 26.7. The van der Waals surface area contributed by atoms with Gasteiger partial charge in [-0.25, -0.2) is 15.0 Å². The molecule has 1 aliphatic heterocycles. The fraction of sp³-hybridized carbons (Fsp3) is 0.367. The van der Waals surface area contributed by atoms with Gasteiger partial charge in [0.2, 0.25) is 0 Å². The minimum atomic E-state index is -2.75. The van der Waals surface area contributed by atoms with Crippen molar-refractivity contribution in [2.24, 2.45) is 4.99 Å². The first-order chi connectivity index (χ1) is 19.1. The monoisotopic (exact) mass is 669 g/mol. The Labute approximate surface area is 250 Å². The van der Waals surface area contributed by atoms with Crippen molar-refractivity contribution in [1.29, 1.82) is 0 Å². The van der Waals surface area contributed by atoms with Gasteiger partial charge >= 0.3 is 0 Å². The summed E-state index contributed by atoms with van der Waals surface area (Å²) in [6, 6.07) is 21.0. The van der Waals surface area contributed by atoms with Gasteiger partial charge in [0.25, 0.3) is 8.32 Å². The molecule has 0 aliphatic carbocycles. The molecule has 0 bridgehead atoms. The molecule has 2 aromatic heterocycles. The number of ether oxygens (including phenoxy) is 1. The van der Waals surface area contributed by atoms with Crippen LogP contribution in [0.2, 0.25) is 5.04 Å². The van der Waals surface area contributed by atoms with E-state index in [1.165, 1.54) is 16.7 Å². The zero-order valence-electron chi connectivity index (χ0n) is 23.5. The molecule has 3 heterocycles. The highest BCUT2D eigenvalue weighted by atomic mass is 127. The van der Waals surface area contributed by atoms with Crippen molar-refractivity contribution in [1.82, 2.24) is 19.4 Å². The summed E-state index contributed by atoms with van der Waals surface area (Å²) in [4.78, 5) is 15.3. The Kier molecular flexibility index (Phi) is 8.44. The zero-order chi connectivity index (χ0) is 28.5. The second-order valence-electron chi connectivity index (χ2n) is 11.4. The molecule has 3 atom stereocenters. The molecule has 0 saturated carbocycles. The van der Waals surface area contributed by atoms with Crippen LogP contribution in [-0.4, -0.2) is 72.1 Å². The maximum Gasteiger partial charge on any atom is 0.261 e. The van der Waals surface area contributed by atoms with Gasteiger partial charge in [-0.1, -0.05) is 81.4 Å². The molecule has 1 unspecified atom stereocenters. The molecule has 2 aromatic carbocycles. The largest absolute Gasteiger partial charge is 0.405 e. The van der Waals surface area contributed by atoms with Crippen LogP contribution in [0.5, 0.6) is 0 Å². The summed E-state index contributed by atoms with van der Waals surface area (Å²) in [5.41, 5.74) is 0.732. The van der Waals surface area contributed by atoms with E-state index in [0.717, 1.165) is 14.6 Å². The van der Waals surface area contributed by atoms with Crippen LogP contribution in [0.15, 0.2) is 78.2 Å². The molecular weight excluding hydrogens is 633 g/mol. The van der Waals surface area contributed by atoms with Crippen LogP contribution >= 0.6 is 22.6 Å². The molecule has 1 saturated heterocycles. The van der Waals surface area contributed by atoms with Crippen molar-refractivity contribution >= 4 is 64.5 Å². The average molecular weight is 670 g/mol. The van der Waals surface area contributed by atoms with Gasteiger partial charge in [-0.15, -0.1) is 0 Å². The van der Waals surface area contributed by atoms with E-state index in [1.807, 2.05) is 41.9 Å². The van der Waals surface area contributed by atoms with Crippen LogP contribution in [0.4, 0.5) is 5.82 Å². The molecular formula is C30H36IN5O3Si. The van der Waals surface area contributed by atoms with E-state index in [1.54, 1.807) is 6.34 Å². The van der Waals surface area contributed by atoms with Gasteiger partial charge in [0.15, 0.2) is 5.82 Å². The lowest BCUT2D eigenvalue weighted by Gasteiger charge is -2.43. The number of rotatable bonds is 8. The number of aliphatic hydroxyl groups excluding tert-OH is 1. The van der Waals surface area contributed by atoms with Crippen molar-refractivity contribution in [2.45, 2.75) is 50.7 Å². The molecule has 4 aromatic rings. The summed E-state index contributed by atoms with van der Waals surface area (Å²) >= 11 is 2.28. The number of benzene rings is 2. The Morgan fingerprint density at radius 2 is 1.73 bits per heavy atom. The number of hydrogen-bond acceptors (Lipinski definition) is 6. The first-order valence-electron chi connectivity index (χ1n) is 13.4. The number of fused-ring (bicyclic) bond motifs is 1. The van der Waals surface area contributed by atoms with Crippen molar-refractivity contribution in [3.8, 4) is 0 Å². The molecule has 40 heavy (non-hydrogen) atoms. The lowest BCUT2D eigenvalue weighted by atomic mass is 10.2. The summed E-state index contributed by atoms with van der Waals surface area (Å²) in [6.07, 6.45) is 4.15. The second-order valence-corrected chi connectivity index (χ2v) is 16.9. The predicted octanol–water partition coefficient (Wildman–Crippen LogP) is 4.48. The van der Waals surface area contributed by atoms with Crippen LogP contribution < -0.4 is 10.4 Å². The molecule has 0 radical (unpaired) electrons. The molecule has 10 heteroatoms. The Morgan fingerprint density at radius 1 is 1.10 bits per heavy atom. The van der Waals surface area contributed by atoms with E-state index in [4.69, 9.17) is 9.16 Å². The molecule has 0 spiro atoms. The van der Waals surface area contributed by atoms with E-state index in [-0.39, 0.29) is 17.9 Å². The Hall–Kier alpha value is -2.64. The summed E-state index contributed by atoms with van der Waals surface area (Å²) in [6.45, 7) is 7.03. The SMILES string of the molecule is CN(C)C=Nc1ncnc2c1c(I)cn2[C@H]1CC(O)[C@@H](CO[Si](c2ccccc2)(c2ccccc2)C(C)(C)C)O1. The van der Waals surface area contributed by atoms with E-state index < -0.39 is 20.5 Å². The van der Waals surface area contributed by atoms with Crippen molar-refractivity contribution in [3.05, 3.63) is 76.8 Å².